The fourth-order valence-electron chi connectivity index (χ4n) is 1.58. The Morgan fingerprint density at radius 1 is 1.39 bits per heavy atom. The molecule has 0 spiro atoms. The van der Waals surface area contributed by atoms with E-state index in [1.165, 1.54) is 6.07 Å². The summed E-state index contributed by atoms with van der Waals surface area (Å²) >= 11 is 0. The highest BCUT2D eigenvalue weighted by Crippen LogP contribution is 2.21. The van der Waals surface area contributed by atoms with Crippen LogP contribution in [0.3, 0.4) is 0 Å². The number of methoxy groups -OCH3 is 1. The third kappa shape index (κ3) is 4.67. The smallest absolute Gasteiger partial charge is 0.311 e. The number of nitrogens with zero attached hydrogens (tertiary/aromatic N) is 2. The normalized spacial score (nSPS) is 10.3. The minimum atomic E-state index is -0.417. The number of unbranched alkanes of at least 4 members (excludes halogenated alkanes) is 2. The zero-order valence-electron chi connectivity index (χ0n) is 10.8. The fourth-order valence-corrected chi connectivity index (χ4v) is 1.58. The number of aromatic nitrogens is 1. The molecule has 0 amide bonds. The monoisotopic (exact) mass is 253 g/mol. The highest BCUT2D eigenvalue weighted by Gasteiger charge is 2.14. The van der Waals surface area contributed by atoms with Gasteiger partial charge < -0.3 is 10.1 Å². The SMILES string of the molecule is COCCCCCNc1nc(C)ccc1[N+](=O)[O-]. The first-order valence-electron chi connectivity index (χ1n) is 6.00. The van der Waals surface area contributed by atoms with Crippen LogP contribution in [0.5, 0.6) is 0 Å². The zero-order valence-corrected chi connectivity index (χ0v) is 10.8. The van der Waals surface area contributed by atoms with Crippen molar-refractivity contribution in [3.8, 4) is 0 Å². The number of aryl methyl sites for hydroxylation is 1. The standard InChI is InChI=1S/C12H19N3O3/c1-10-6-7-11(15(16)17)12(14-10)13-8-4-3-5-9-18-2/h6-7H,3-5,8-9H2,1-2H3,(H,13,14). The van der Waals surface area contributed by atoms with Gasteiger partial charge in [0.2, 0.25) is 5.82 Å². The van der Waals surface area contributed by atoms with Crippen LogP contribution in [0.2, 0.25) is 0 Å². The topological polar surface area (TPSA) is 77.3 Å². The molecule has 0 radical (unpaired) electrons. The van der Waals surface area contributed by atoms with Gasteiger partial charge >= 0.3 is 5.69 Å². The van der Waals surface area contributed by atoms with Crippen molar-refractivity contribution in [1.82, 2.24) is 4.98 Å². The zero-order chi connectivity index (χ0) is 13.4. The number of nitrogens with one attached hydrogen (secondary N) is 1. The summed E-state index contributed by atoms with van der Waals surface area (Å²) in [5, 5.41) is 13.8. The number of ether oxygens (including phenoxy) is 1. The van der Waals surface area contributed by atoms with Crippen LogP contribution in [0.15, 0.2) is 12.1 Å². The lowest BCUT2D eigenvalue weighted by atomic mass is 10.2. The molecule has 100 valence electrons. The summed E-state index contributed by atoms with van der Waals surface area (Å²) in [5.41, 5.74) is 0.792. The van der Waals surface area contributed by atoms with Crippen LogP contribution in [-0.2, 0) is 4.74 Å². The van der Waals surface area contributed by atoms with E-state index in [1.54, 1.807) is 13.2 Å². The van der Waals surface area contributed by atoms with E-state index in [2.05, 4.69) is 10.3 Å². The Morgan fingerprint density at radius 3 is 2.83 bits per heavy atom. The summed E-state index contributed by atoms with van der Waals surface area (Å²) in [5.74, 6) is 0.353. The van der Waals surface area contributed by atoms with Crippen LogP contribution < -0.4 is 5.32 Å². The van der Waals surface area contributed by atoms with Crippen molar-refractivity contribution in [1.29, 1.82) is 0 Å². The van der Waals surface area contributed by atoms with Crippen molar-refractivity contribution in [3.63, 3.8) is 0 Å². The Hall–Kier alpha value is -1.69. The number of anilines is 1. The minimum Gasteiger partial charge on any atom is -0.385 e. The lowest BCUT2D eigenvalue weighted by Gasteiger charge is -2.06. The molecule has 1 aromatic heterocycles. The van der Waals surface area contributed by atoms with E-state index in [4.69, 9.17) is 4.74 Å². The molecule has 0 unspecified atom stereocenters. The number of hydrogen-bond acceptors (Lipinski definition) is 5. The summed E-state index contributed by atoms with van der Waals surface area (Å²) < 4.78 is 4.95. The molecule has 0 saturated heterocycles. The van der Waals surface area contributed by atoms with Crippen LogP contribution in [-0.4, -0.2) is 30.2 Å². The second-order valence-electron chi connectivity index (χ2n) is 4.06. The predicted molar refractivity (Wildman–Crippen MR) is 69.8 cm³/mol. The fraction of sp³-hybridized carbons (Fsp3) is 0.583. The number of nitro groups is 1. The van der Waals surface area contributed by atoms with E-state index in [1.807, 2.05) is 6.92 Å². The van der Waals surface area contributed by atoms with Crippen molar-refractivity contribution in [2.24, 2.45) is 0 Å². The van der Waals surface area contributed by atoms with E-state index < -0.39 is 4.92 Å². The molecule has 6 nitrogen and oxygen atoms in total. The Kier molecular flexibility index (Phi) is 6.07. The van der Waals surface area contributed by atoms with Gasteiger partial charge in [0.1, 0.15) is 0 Å². The summed E-state index contributed by atoms with van der Waals surface area (Å²) in [7, 11) is 1.68. The molecule has 0 fully saturated rings. The predicted octanol–water partition coefficient (Wildman–Crippen LogP) is 2.53. The maximum Gasteiger partial charge on any atom is 0.311 e. The molecule has 1 rings (SSSR count). The lowest BCUT2D eigenvalue weighted by Crippen LogP contribution is -2.07. The molecule has 0 saturated carbocycles. The van der Waals surface area contributed by atoms with Gasteiger partial charge in [0.05, 0.1) is 4.92 Å². The van der Waals surface area contributed by atoms with Crippen molar-refractivity contribution >= 4 is 11.5 Å². The van der Waals surface area contributed by atoms with Gasteiger partial charge in [-0.2, -0.15) is 0 Å². The number of hydrogen-bond donors (Lipinski definition) is 1. The van der Waals surface area contributed by atoms with Crippen molar-refractivity contribution in [3.05, 3.63) is 27.9 Å². The molecular formula is C12H19N3O3. The summed E-state index contributed by atoms with van der Waals surface area (Å²) in [6.45, 7) is 3.25. The van der Waals surface area contributed by atoms with E-state index >= 15 is 0 Å². The van der Waals surface area contributed by atoms with Crippen LogP contribution in [0.1, 0.15) is 25.0 Å². The largest absolute Gasteiger partial charge is 0.385 e. The lowest BCUT2D eigenvalue weighted by molar-refractivity contribution is -0.384. The van der Waals surface area contributed by atoms with Gasteiger partial charge in [-0.25, -0.2) is 4.98 Å². The average molecular weight is 253 g/mol. The highest BCUT2D eigenvalue weighted by molar-refractivity contribution is 5.55. The average Bonchev–Trinajstić information content (AvgIpc) is 2.33. The Bertz CT molecular complexity index is 396. The first kappa shape index (κ1) is 14.4. The quantitative estimate of drug-likeness (QED) is 0.437. The molecular weight excluding hydrogens is 234 g/mol. The highest BCUT2D eigenvalue weighted by atomic mass is 16.6. The summed E-state index contributed by atoms with van der Waals surface area (Å²) in [4.78, 5) is 14.6. The molecule has 1 aromatic rings. The summed E-state index contributed by atoms with van der Waals surface area (Å²) in [6.07, 6.45) is 2.97. The molecule has 0 aliphatic rings. The van der Waals surface area contributed by atoms with Gasteiger partial charge in [-0.15, -0.1) is 0 Å². The first-order valence-corrected chi connectivity index (χ1v) is 6.00. The van der Waals surface area contributed by atoms with E-state index in [9.17, 15) is 10.1 Å². The maximum atomic E-state index is 10.8. The molecule has 0 atom stereocenters. The third-order valence-corrected chi connectivity index (χ3v) is 2.53. The Labute approximate surface area is 107 Å². The van der Waals surface area contributed by atoms with Crippen LogP contribution in [0.25, 0.3) is 0 Å². The molecule has 18 heavy (non-hydrogen) atoms. The van der Waals surface area contributed by atoms with Crippen molar-refractivity contribution in [2.75, 3.05) is 25.6 Å². The van der Waals surface area contributed by atoms with E-state index in [0.717, 1.165) is 31.6 Å². The molecule has 1 N–H and O–H groups in total. The Morgan fingerprint density at radius 2 is 2.17 bits per heavy atom. The van der Waals surface area contributed by atoms with E-state index in [0.29, 0.717) is 12.4 Å². The van der Waals surface area contributed by atoms with Gasteiger partial charge in [0.15, 0.2) is 0 Å². The van der Waals surface area contributed by atoms with Crippen LogP contribution in [0.4, 0.5) is 11.5 Å². The van der Waals surface area contributed by atoms with E-state index in [-0.39, 0.29) is 5.69 Å². The molecule has 1 heterocycles. The van der Waals surface area contributed by atoms with Gasteiger partial charge in [-0.05, 0) is 32.3 Å². The second-order valence-corrected chi connectivity index (χ2v) is 4.06. The van der Waals surface area contributed by atoms with Gasteiger partial charge in [-0.1, -0.05) is 0 Å². The van der Waals surface area contributed by atoms with Gasteiger partial charge in [0.25, 0.3) is 0 Å². The third-order valence-electron chi connectivity index (χ3n) is 2.53. The van der Waals surface area contributed by atoms with Gasteiger partial charge in [0, 0.05) is 32.0 Å². The molecule has 0 aliphatic heterocycles. The first-order chi connectivity index (χ1) is 8.65. The second kappa shape index (κ2) is 7.60. The van der Waals surface area contributed by atoms with Crippen LogP contribution in [0, 0.1) is 17.0 Å². The molecule has 0 aliphatic carbocycles. The summed E-state index contributed by atoms with van der Waals surface area (Å²) in [6, 6.07) is 3.12. The van der Waals surface area contributed by atoms with Crippen molar-refractivity contribution in [2.45, 2.75) is 26.2 Å². The molecule has 0 aromatic carbocycles. The van der Waals surface area contributed by atoms with Crippen LogP contribution >= 0.6 is 0 Å². The molecule has 6 heteroatoms. The maximum absolute atomic E-state index is 10.8. The molecule has 0 bridgehead atoms. The number of pyridine rings is 1. The van der Waals surface area contributed by atoms with Crippen molar-refractivity contribution < 1.29 is 9.66 Å². The van der Waals surface area contributed by atoms with Gasteiger partial charge in [-0.3, -0.25) is 10.1 Å². The number of rotatable bonds is 8. The minimum absolute atomic E-state index is 0.0255. The Balaban J connectivity index is 2.45.